The number of hydrogen-bond donors (Lipinski definition) is 2. The first-order valence-electron chi connectivity index (χ1n) is 7.11. The second kappa shape index (κ2) is 5.31. The summed E-state index contributed by atoms with van der Waals surface area (Å²) in [6, 6.07) is 6.15. The van der Waals surface area contributed by atoms with Crippen LogP contribution in [0.3, 0.4) is 0 Å². The van der Waals surface area contributed by atoms with Crippen molar-refractivity contribution < 1.29 is 4.79 Å². The van der Waals surface area contributed by atoms with Gasteiger partial charge in [0.05, 0.1) is 6.42 Å². The van der Waals surface area contributed by atoms with E-state index in [1.807, 2.05) is 11.0 Å². The number of hydrogen-bond acceptors (Lipinski definition) is 3. The Morgan fingerprint density at radius 1 is 1.42 bits per heavy atom. The lowest BCUT2D eigenvalue weighted by molar-refractivity contribution is -0.117. The minimum Gasteiger partial charge on any atom is -0.326 e. The smallest absolute Gasteiger partial charge is 0.231 e. The molecule has 4 heteroatoms. The third-order valence-electron chi connectivity index (χ3n) is 4.24. The number of rotatable bonds is 4. The van der Waals surface area contributed by atoms with Crippen LogP contribution in [-0.4, -0.2) is 25.5 Å². The lowest BCUT2D eigenvalue weighted by Crippen LogP contribution is -2.29. The lowest BCUT2D eigenvalue weighted by atomic mass is 10.0. The number of amides is 1. The van der Waals surface area contributed by atoms with E-state index in [0.29, 0.717) is 13.0 Å². The van der Waals surface area contributed by atoms with E-state index in [9.17, 15) is 4.79 Å². The van der Waals surface area contributed by atoms with Gasteiger partial charge in [0.25, 0.3) is 0 Å². The highest BCUT2D eigenvalue weighted by Crippen LogP contribution is 2.30. The van der Waals surface area contributed by atoms with E-state index < -0.39 is 0 Å². The Morgan fingerprint density at radius 2 is 2.32 bits per heavy atom. The highest BCUT2D eigenvalue weighted by atomic mass is 16.2. The van der Waals surface area contributed by atoms with Gasteiger partial charge in [-0.3, -0.25) is 4.79 Å². The van der Waals surface area contributed by atoms with Crippen molar-refractivity contribution in [1.29, 1.82) is 0 Å². The van der Waals surface area contributed by atoms with E-state index in [4.69, 9.17) is 5.73 Å². The molecule has 1 amide bonds. The number of anilines is 1. The minimum atomic E-state index is 0.232. The highest BCUT2D eigenvalue weighted by molar-refractivity contribution is 6.01. The van der Waals surface area contributed by atoms with E-state index in [2.05, 4.69) is 17.4 Å². The van der Waals surface area contributed by atoms with Crippen molar-refractivity contribution >= 4 is 11.6 Å². The van der Waals surface area contributed by atoms with Crippen LogP contribution in [0.2, 0.25) is 0 Å². The predicted octanol–water partition coefficient (Wildman–Crippen LogP) is 1.03. The molecule has 19 heavy (non-hydrogen) atoms. The monoisotopic (exact) mass is 259 g/mol. The Bertz CT molecular complexity index is 480. The van der Waals surface area contributed by atoms with Crippen molar-refractivity contribution in [3.8, 4) is 0 Å². The normalized spacial score (nSPS) is 22.1. The average molecular weight is 259 g/mol. The summed E-state index contributed by atoms with van der Waals surface area (Å²) in [5.41, 5.74) is 8.98. The van der Waals surface area contributed by atoms with Crippen molar-refractivity contribution in [3.05, 3.63) is 29.3 Å². The SMILES string of the molecule is NCc1ccc2c(c1)CC(=O)N2CCC1CCNC1. The summed E-state index contributed by atoms with van der Waals surface area (Å²) in [5.74, 6) is 0.954. The molecule has 1 aromatic carbocycles. The topological polar surface area (TPSA) is 58.4 Å². The molecule has 4 nitrogen and oxygen atoms in total. The molecule has 0 saturated carbocycles. The van der Waals surface area contributed by atoms with E-state index in [1.165, 1.54) is 6.42 Å². The molecule has 2 heterocycles. The average Bonchev–Trinajstić information content (AvgIpc) is 3.02. The van der Waals surface area contributed by atoms with Gasteiger partial charge in [-0.15, -0.1) is 0 Å². The van der Waals surface area contributed by atoms with Crippen LogP contribution in [0.1, 0.15) is 24.0 Å². The van der Waals surface area contributed by atoms with Crippen LogP contribution in [-0.2, 0) is 17.8 Å². The van der Waals surface area contributed by atoms with Gasteiger partial charge < -0.3 is 16.0 Å². The Balaban J connectivity index is 1.71. The van der Waals surface area contributed by atoms with Crippen LogP contribution >= 0.6 is 0 Å². The summed E-state index contributed by atoms with van der Waals surface area (Å²) in [4.78, 5) is 14.1. The van der Waals surface area contributed by atoms with Crippen LogP contribution in [0, 0.1) is 5.92 Å². The summed E-state index contributed by atoms with van der Waals surface area (Å²) in [6.45, 7) is 3.60. The zero-order chi connectivity index (χ0) is 13.2. The first-order valence-corrected chi connectivity index (χ1v) is 7.11. The van der Waals surface area contributed by atoms with Gasteiger partial charge in [-0.2, -0.15) is 0 Å². The van der Waals surface area contributed by atoms with E-state index in [-0.39, 0.29) is 5.91 Å². The Kier molecular flexibility index (Phi) is 3.53. The largest absolute Gasteiger partial charge is 0.326 e. The molecule has 1 saturated heterocycles. The lowest BCUT2D eigenvalue weighted by Gasteiger charge is -2.19. The van der Waals surface area contributed by atoms with Crippen molar-refractivity contribution in [2.45, 2.75) is 25.8 Å². The molecule has 3 N–H and O–H groups in total. The Morgan fingerprint density at radius 3 is 3.05 bits per heavy atom. The van der Waals surface area contributed by atoms with Gasteiger partial charge >= 0.3 is 0 Å². The van der Waals surface area contributed by atoms with Crippen LogP contribution in [0.15, 0.2) is 18.2 Å². The summed E-state index contributed by atoms with van der Waals surface area (Å²) in [5, 5.41) is 3.38. The molecular formula is C15H21N3O. The van der Waals surface area contributed by atoms with E-state index >= 15 is 0 Å². The Labute approximate surface area is 114 Å². The molecule has 102 valence electrons. The quantitative estimate of drug-likeness (QED) is 0.849. The van der Waals surface area contributed by atoms with Gasteiger partial charge in [0, 0.05) is 18.8 Å². The standard InChI is InChI=1S/C15H21N3O/c16-9-12-1-2-14-13(7-12)8-15(19)18(14)6-4-11-3-5-17-10-11/h1-2,7,11,17H,3-6,8-10,16H2. The Hall–Kier alpha value is -1.39. The van der Waals surface area contributed by atoms with Crippen LogP contribution in [0.4, 0.5) is 5.69 Å². The van der Waals surface area contributed by atoms with E-state index in [1.54, 1.807) is 0 Å². The maximum atomic E-state index is 12.1. The molecule has 0 spiro atoms. The highest BCUT2D eigenvalue weighted by Gasteiger charge is 2.28. The molecule has 1 atom stereocenters. The first kappa shape index (κ1) is 12.6. The number of nitrogens with zero attached hydrogens (tertiary/aromatic N) is 1. The zero-order valence-corrected chi connectivity index (χ0v) is 11.2. The minimum absolute atomic E-state index is 0.232. The third-order valence-corrected chi connectivity index (χ3v) is 4.24. The molecular weight excluding hydrogens is 238 g/mol. The number of nitrogens with two attached hydrogens (primary N) is 1. The predicted molar refractivity (Wildman–Crippen MR) is 76.0 cm³/mol. The summed E-state index contributed by atoms with van der Waals surface area (Å²) >= 11 is 0. The van der Waals surface area contributed by atoms with Crippen LogP contribution < -0.4 is 16.0 Å². The van der Waals surface area contributed by atoms with Crippen LogP contribution in [0.5, 0.6) is 0 Å². The van der Waals surface area contributed by atoms with Crippen molar-refractivity contribution in [3.63, 3.8) is 0 Å². The summed E-state index contributed by atoms with van der Waals surface area (Å²) < 4.78 is 0. The third kappa shape index (κ3) is 2.51. The number of benzene rings is 1. The molecule has 3 rings (SSSR count). The summed E-state index contributed by atoms with van der Waals surface area (Å²) in [6.07, 6.45) is 2.86. The molecule has 0 aromatic heterocycles. The number of carbonyl (C=O) groups is 1. The molecule has 1 unspecified atom stereocenters. The number of nitrogens with one attached hydrogen (secondary N) is 1. The number of fused-ring (bicyclic) bond motifs is 1. The van der Waals surface area contributed by atoms with Crippen molar-refractivity contribution in [2.24, 2.45) is 11.7 Å². The second-order valence-corrected chi connectivity index (χ2v) is 5.54. The maximum Gasteiger partial charge on any atom is 0.231 e. The van der Waals surface area contributed by atoms with Gasteiger partial charge in [-0.1, -0.05) is 12.1 Å². The van der Waals surface area contributed by atoms with Crippen molar-refractivity contribution in [2.75, 3.05) is 24.5 Å². The fourth-order valence-corrected chi connectivity index (χ4v) is 3.08. The molecule has 2 aliphatic rings. The fraction of sp³-hybridized carbons (Fsp3) is 0.533. The first-order chi connectivity index (χ1) is 9.28. The molecule has 1 aromatic rings. The zero-order valence-electron chi connectivity index (χ0n) is 11.2. The van der Waals surface area contributed by atoms with Gasteiger partial charge in [0.15, 0.2) is 0 Å². The van der Waals surface area contributed by atoms with Gasteiger partial charge in [0.2, 0.25) is 5.91 Å². The van der Waals surface area contributed by atoms with Gasteiger partial charge in [-0.05, 0) is 49.0 Å². The van der Waals surface area contributed by atoms with Gasteiger partial charge in [-0.25, -0.2) is 0 Å². The molecule has 0 radical (unpaired) electrons. The molecule has 2 aliphatic heterocycles. The van der Waals surface area contributed by atoms with Crippen LogP contribution in [0.25, 0.3) is 0 Å². The fourth-order valence-electron chi connectivity index (χ4n) is 3.08. The van der Waals surface area contributed by atoms with E-state index in [0.717, 1.165) is 48.8 Å². The van der Waals surface area contributed by atoms with Crippen molar-refractivity contribution in [1.82, 2.24) is 5.32 Å². The molecule has 0 aliphatic carbocycles. The van der Waals surface area contributed by atoms with Gasteiger partial charge in [0.1, 0.15) is 0 Å². The number of carbonyl (C=O) groups excluding carboxylic acids is 1. The molecule has 1 fully saturated rings. The maximum absolute atomic E-state index is 12.1. The summed E-state index contributed by atoms with van der Waals surface area (Å²) in [7, 11) is 0. The second-order valence-electron chi connectivity index (χ2n) is 5.54. The molecule has 0 bridgehead atoms.